The molecule has 0 bridgehead atoms. The minimum atomic E-state index is -0.155. The molecule has 54 valence electrons. The standard InChI is InChI=1S/C6H14N2O/c1-8-6(7)2-4-9-5-3-6/h8H,2-5,7H2,1H3. The predicted octanol–water partition coefficient (Wildman–Crippen LogP) is -0.329. The molecule has 0 aromatic heterocycles. The van der Waals surface area contributed by atoms with Crippen molar-refractivity contribution >= 4 is 0 Å². The van der Waals surface area contributed by atoms with Crippen LogP contribution in [0.2, 0.25) is 0 Å². The summed E-state index contributed by atoms with van der Waals surface area (Å²) in [7, 11) is 1.89. The van der Waals surface area contributed by atoms with E-state index in [0.717, 1.165) is 26.1 Å². The van der Waals surface area contributed by atoms with E-state index in [-0.39, 0.29) is 5.66 Å². The fourth-order valence-corrected chi connectivity index (χ4v) is 0.986. The van der Waals surface area contributed by atoms with Crippen molar-refractivity contribution in [1.82, 2.24) is 5.32 Å². The Balaban J connectivity index is 2.37. The lowest BCUT2D eigenvalue weighted by Gasteiger charge is -2.32. The quantitative estimate of drug-likeness (QED) is 0.478. The molecule has 1 aliphatic rings. The fraction of sp³-hybridized carbons (Fsp3) is 1.00. The SMILES string of the molecule is CNC1(N)CCOCC1. The van der Waals surface area contributed by atoms with Gasteiger partial charge in [0.05, 0.1) is 5.66 Å². The van der Waals surface area contributed by atoms with Gasteiger partial charge in [-0.25, -0.2) is 0 Å². The molecule has 3 nitrogen and oxygen atoms in total. The first kappa shape index (κ1) is 6.99. The lowest BCUT2D eigenvalue weighted by molar-refractivity contribution is 0.0437. The second kappa shape index (κ2) is 2.64. The van der Waals surface area contributed by atoms with Gasteiger partial charge in [-0.3, -0.25) is 0 Å². The molecule has 0 aromatic rings. The molecule has 1 rings (SSSR count). The molecule has 0 aliphatic carbocycles. The van der Waals surface area contributed by atoms with Crippen molar-refractivity contribution in [2.24, 2.45) is 5.73 Å². The summed E-state index contributed by atoms with van der Waals surface area (Å²) in [5.41, 5.74) is 5.71. The Kier molecular flexibility index (Phi) is 2.05. The first-order chi connectivity index (χ1) is 4.27. The lowest BCUT2D eigenvalue weighted by Crippen LogP contribution is -2.55. The number of rotatable bonds is 1. The highest BCUT2D eigenvalue weighted by molar-refractivity contribution is 4.81. The molecule has 3 N–H and O–H groups in total. The first-order valence-corrected chi connectivity index (χ1v) is 3.32. The molecular formula is C6H14N2O. The summed E-state index contributed by atoms with van der Waals surface area (Å²) in [6.07, 6.45) is 1.84. The van der Waals surface area contributed by atoms with Gasteiger partial charge < -0.3 is 15.8 Å². The average molecular weight is 130 g/mol. The Morgan fingerprint density at radius 3 is 2.33 bits per heavy atom. The van der Waals surface area contributed by atoms with E-state index in [0.29, 0.717) is 0 Å². The summed E-state index contributed by atoms with van der Waals surface area (Å²) in [6.45, 7) is 1.58. The van der Waals surface area contributed by atoms with Crippen LogP contribution in [0.25, 0.3) is 0 Å². The maximum Gasteiger partial charge on any atom is 0.0703 e. The lowest BCUT2D eigenvalue weighted by atomic mass is 10.0. The molecule has 0 aromatic carbocycles. The second-order valence-corrected chi connectivity index (χ2v) is 2.52. The van der Waals surface area contributed by atoms with Gasteiger partial charge in [0.25, 0.3) is 0 Å². The minimum Gasteiger partial charge on any atom is -0.381 e. The van der Waals surface area contributed by atoms with Gasteiger partial charge in [0.15, 0.2) is 0 Å². The third kappa shape index (κ3) is 1.64. The number of hydrogen-bond acceptors (Lipinski definition) is 3. The number of hydrogen-bond donors (Lipinski definition) is 2. The van der Waals surface area contributed by atoms with Gasteiger partial charge in [0.2, 0.25) is 0 Å². The van der Waals surface area contributed by atoms with Crippen molar-refractivity contribution in [3.05, 3.63) is 0 Å². The van der Waals surface area contributed by atoms with Crippen LogP contribution < -0.4 is 11.1 Å². The summed E-state index contributed by atoms with van der Waals surface area (Å²) in [5.74, 6) is 0. The van der Waals surface area contributed by atoms with Crippen molar-refractivity contribution < 1.29 is 4.74 Å². The molecule has 1 aliphatic heterocycles. The van der Waals surface area contributed by atoms with Crippen LogP contribution in [-0.4, -0.2) is 25.9 Å². The number of nitrogens with two attached hydrogens (primary N) is 1. The highest BCUT2D eigenvalue weighted by Crippen LogP contribution is 2.12. The highest BCUT2D eigenvalue weighted by Gasteiger charge is 2.24. The molecule has 3 heteroatoms. The molecular weight excluding hydrogens is 116 g/mol. The zero-order valence-corrected chi connectivity index (χ0v) is 5.81. The van der Waals surface area contributed by atoms with Gasteiger partial charge in [-0.1, -0.05) is 0 Å². The molecule has 1 heterocycles. The average Bonchev–Trinajstić information content (AvgIpc) is 1.90. The molecule has 1 saturated heterocycles. The summed E-state index contributed by atoms with van der Waals surface area (Å²) >= 11 is 0. The van der Waals surface area contributed by atoms with E-state index in [9.17, 15) is 0 Å². The molecule has 1 fully saturated rings. The number of nitrogens with one attached hydrogen (secondary N) is 1. The Hall–Kier alpha value is -0.120. The largest absolute Gasteiger partial charge is 0.381 e. The normalized spacial score (nSPS) is 26.0. The first-order valence-electron chi connectivity index (χ1n) is 3.32. The van der Waals surface area contributed by atoms with Crippen LogP contribution in [0.15, 0.2) is 0 Å². The van der Waals surface area contributed by atoms with Gasteiger partial charge in [0.1, 0.15) is 0 Å². The van der Waals surface area contributed by atoms with Crippen LogP contribution in [0, 0.1) is 0 Å². The fourth-order valence-electron chi connectivity index (χ4n) is 0.986. The van der Waals surface area contributed by atoms with Gasteiger partial charge in [0, 0.05) is 26.1 Å². The van der Waals surface area contributed by atoms with Crippen LogP contribution in [-0.2, 0) is 4.74 Å². The Labute approximate surface area is 55.6 Å². The van der Waals surface area contributed by atoms with E-state index < -0.39 is 0 Å². The number of ether oxygens (including phenoxy) is 1. The minimum absolute atomic E-state index is 0.155. The maximum absolute atomic E-state index is 5.87. The molecule has 0 spiro atoms. The van der Waals surface area contributed by atoms with E-state index in [1.165, 1.54) is 0 Å². The van der Waals surface area contributed by atoms with Crippen molar-refractivity contribution in [2.45, 2.75) is 18.5 Å². The van der Waals surface area contributed by atoms with E-state index in [2.05, 4.69) is 5.32 Å². The van der Waals surface area contributed by atoms with E-state index >= 15 is 0 Å². The Bertz CT molecular complexity index is 89.1. The Morgan fingerprint density at radius 1 is 1.44 bits per heavy atom. The van der Waals surface area contributed by atoms with Crippen LogP contribution in [0.4, 0.5) is 0 Å². The molecule has 0 amide bonds. The summed E-state index contributed by atoms with van der Waals surface area (Å²) < 4.78 is 5.15. The van der Waals surface area contributed by atoms with Gasteiger partial charge in [-0.2, -0.15) is 0 Å². The van der Waals surface area contributed by atoms with Crippen LogP contribution in [0.3, 0.4) is 0 Å². The van der Waals surface area contributed by atoms with Crippen molar-refractivity contribution in [3.63, 3.8) is 0 Å². The third-order valence-corrected chi connectivity index (χ3v) is 1.88. The molecule has 0 saturated carbocycles. The predicted molar refractivity (Wildman–Crippen MR) is 36.0 cm³/mol. The molecule has 0 radical (unpaired) electrons. The zero-order valence-electron chi connectivity index (χ0n) is 5.81. The van der Waals surface area contributed by atoms with Crippen LogP contribution >= 0.6 is 0 Å². The van der Waals surface area contributed by atoms with E-state index in [1.54, 1.807) is 0 Å². The monoisotopic (exact) mass is 130 g/mol. The molecule has 0 unspecified atom stereocenters. The highest BCUT2D eigenvalue weighted by atomic mass is 16.5. The molecule has 9 heavy (non-hydrogen) atoms. The van der Waals surface area contributed by atoms with Crippen LogP contribution in [0.1, 0.15) is 12.8 Å². The van der Waals surface area contributed by atoms with Crippen LogP contribution in [0.5, 0.6) is 0 Å². The van der Waals surface area contributed by atoms with Crippen molar-refractivity contribution in [1.29, 1.82) is 0 Å². The van der Waals surface area contributed by atoms with Crippen molar-refractivity contribution in [3.8, 4) is 0 Å². The van der Waals surface area contributed by atoms with Gasteiger partial charge in [-0.05, 0) is 7.05 Å². The smallest absolute Gasteiger partial charge is 0.0703 e. The zero-order chi connectivity index (χ0) is 6.74. The third-order valence-electron chi connectivity index (χ3n) is 1.88. The van der Waals surface area contributed by atoms with Crippen molar-refractivity contribution in [2.75, 3.05) is 20.3 Å². The van der Waals surface area contributed by atoms with Gasteiger partial charge in [-0.15, -0.1) is 0 Å². The Morgan fingerprint density at radius 2 is 2.00 bits per heavy atom. The summed E-state index contributed by atoms with van der Waals surface area (Å²) in [6, 6.07) is 0. The topological polar surface area (TPSA) is 47.3 Å². The summed E-state index contributed by atoms with van der Waals surface area (Å²) in [4.78, 5) is 0. The van der Waals surface area contributed by atoms with E-state index in [1.807, 2.05) is 7.05 Å². The van der Waals surface area contributed by atoms with Gasteiger partial charge >= 0.3 is 0 Å². The second-order valence-electron chi connectivity index (χ2n) is 2.52. The molecule has 0 atom stereocenters. The summed E-state index contributed by atoms with van der Waals surface area (Å²) in [5, 5.41) is 3.08. The maximum atomic E-state index is 5.87. The van der Waals surface area contributed by atoms with E-state index in [4.69, 9.17) is 10.5 Å².